The van der Waals surface area contributed by atoms with Crippen molar-refractivity contribution < 1.29 is 0 Å². The molecule has 3 rings (SSSR count). The Balaban J connectivity index is 2.04. The maximum absolute atomic E-state index is 5.34. The fraction of sp³-hybridized carbons (Fsp3) is 0.583. The lowest BCUT2D eigenvalue weighted by atomic mass is 9.83. The number of aromatic nitrogens is 1. The third kappa shape index (κ3) is 1.17. The van der Waals surface area contributed by atoms with Crippen LogP contribution < -0.4 is 0 Å². The maximum atomic E-state index is 5.34. The molecule has 2 aliphatic rings. The number of nitrogens with one attached hydrogen (secondary N) is 1. The van der Waals surface area contributed by atoms with E-state index in [0.717, 1.165) is 4.64 Å². The molecule has 0 amide bonds. The van der Waals surface area contributed by atoms with Crippen molar-refractivity contribution in [3.05, 3.63) is 28.0 Å². The predicted molar refractivity (Wildman–Crippen MR) is 59.9 cm³/mol. The summed E-state index contributed by atoms with van der Waals surface area (Å²) in [7, 11) is 0. The standard InChI is InChI=1S/C12H15NS/c14-11-10-8-12(4-1-2-5-12)7-9(10)3-6-13-11/h3,6H,1-2,4-5,7-8H2,(H,13,14). The molecule has 1 aromatic rings. The van der Waals surface area contributed by atoms with Crippen LogP contribution in [0.15, 0.2) is 12.3 Å². The molecule has 1 nitrogen and oxygen atoms in total. The largest absolute Gasteiger partial charge is 0.353 e. The molecule has 0 aliphatic heterocycles. The van der Waals surface area contributed by atoms with Crippen LogP contribution in [-0.2, 0) is 12.8 Å². The van der Waals surface area contributed by atoms with E-state index < -0.39 is 0 Å². The van der Waals surface area contributed by atoms with E-state index in [1.165, 1.54) is 49.7 Å². The van der Waals surface area contributed by atoms with Gasteiger partial charge < -0.3 is 4.98 Å². The Hall–Kier alpha value is -0.630. The zero-order valence-electron chi connectivity index (χ0n) is 8.31. The van der Waals surface area contributed by atoms with Crippen LogP contribution in [0.3, 0.4) is 0 Å². The molecule has 2 aliphatic carbocycles. The van der Waals surface area contributed by atoms with E-state index in [4.69, 9.17) is 12.2 Å². The van der Waals surface area contributed by atoms with Gasteiger partial charge in [-0.25, -0.2) is 0 Å². The van der Waals surface area contributed by atoms with Crippen LogP contribution in [0.25, 0.3) is 0 Å². The van der Waals surface area contributed by atoms with Crippen molar-refractivity contribution in [2.45, 2.75) is 38.5 Å². The Kier molecular flexibility index (Phi) is 1.81. The van der Waals surface area contributed by atoms with Crippen LogP contribution in [0.1, 0.15) is 36.8 Å². The molecule has 74 valence electrons. The Morgan fingerprint density at radius 3 is 2.71 bits per heavy atom. The smallest absolute Gasteiger partial charge is 0.106 e. The summed E-state index contributed by atoms with van der Waals surface area (Å²) in [5, 5.41) is 0. The first-order valence-electron chi connectivity index (χ1n) is 5.49. The van der Waals surface area contributed by atoms with Crippen molar-refractivity contribution in [3.8, 4) is 0 Å². The molecule has 14 heavy (non-hydrogen) atoms. The number of fused-ring (bicyclic) bond motifs is 1. The molecular weight excluding hydrogens is 190 g/mol. The van der Waals surface area contributed by atoms with Gasteiger partial charge in [0.2, 0.25) is 0 Å². The van der Waals surface area contributed by atoms with E-state index >= 15 is 0 Å². The van der Waals surface area contributed by atoms with Crippen LogP contribution in [0, 0.1) is 10.1 Å². The summed E-state index contributed by atoms with van der Waals surface area (Å²) < 4.78 is 0.978. The van der Waals surface area contributed by atoms with Crippen LogP contribution in [0.4, 0.5) is 0 Å². The highest BCUT2D eigenvalue weighted by Gasteiger charge is 2.39. The summed E-state index contributed by atoms with van der Waals surface area (Å²) in [6, 6.07) is 2.22. The zero-order valence-corrected chi connectivity index (χ0v) is 9.12. The minimum Gasteiger partial charge on any atom is -0.353 e. The Morgan fingerprint density at radius 1 is 1.21 bits per heavy atom. The van der Waals surface area contributed by atoms with Gasteiger partial charge >= 0.3 is 0 Å². The van der Waals surface area contributed by atoms with Crippen molar-refractivity contribution in [1.82, 2.24) is 4.98 Å². The second-order valence-electron chi connectivity index (χ2n) is 4.87. The Labute approximate surface area is 89.6 Å². The van der Waals surface area contributed by atoms with Gasteiger partial charge in [0.15, 0.2) is 0 Å². The van der Waals surface area contributed by atoms with Gasteiger partial charge in [0, 0.05) is 6.20 Å². The molecule has 0 aromatic carbocycles. The van der Waals surface area contributed by atoms with Crippen LogP contribution in [0.5, 0.6) is 0 Å². The lowest BCUT2D eigenvalue weighted by Crippen LogP contribution is -2.15. The highest BCUT2D eigenvalue weighted by atomic mass is 32.1. The Bertz CT molecular complexity index is 413. The number of hydrogen-bond acceptors (Lipinski definition) is 1. The molecule has 1 spiro atoms. The van der Waals surface area contributed by atoms with Crippen molar-refractivity contribution in [2.75, 3.05) is 0 Å². The van der Waals surface area contributed by atoms with Crippen molar-refractivity contribution in [3.63, 3.8) is 0 Å². The van der Waals surface area contributed by atoms with Crippen molar-refractivity contribution >= 4 is 12.2 Å². The van der Waals surface area contributed by atoms with Crippen LogP contribution in [0.2, 0.25) is 0 Å². The Morgan fingerprint density at radius 2 is 2.00 bits per heavy atom. The minimum atomic E-state index is 0.602. The second kappa shape index (κ2) is 2.93. The van der Waals surface area contributed by atoms with Gasteiger partial charge in [0.1, 0.15) is 4.64 Å². The van der Waals surface area contributed by atoms with E-state index in [9.17, 15) is 0 Å². The third-order valence-electron chi connectivity index (χ3n) is 3.94. The van der Waals surface area contributed by atoms with Gasteiger partial charge in [-0.15, -0.1) is 0 Å². The van der Waals surface area contributed by atoms with Crippen molar-refractivity contribution in [1.29, 1.82) is 0 Å². The molecular formula is C12H15NS. The van der Waals surface area contributed by atoms with Gasteiger partial charge in [0.25, 0.3) is 0 Å². The molecule has 1 saturated carbocycles. The fourth-order valence-electron chi connectivity index (χ4n) is 3.23. The third-order valence-corrected chi connectivity index (χ3v) is 4.31. The molecule has 0 radical (unpaired) electrons. The summed E-state index contributed by atoms with van der Waals surface area (Å²) >= 11 is 5.34. The summed E-state index contributed by atoms with van der Waals surface area (Å²) in [6.45, 7) is 0. The number of H-pyrrole nitrogens is 1. The van der Waals surface area contributed by atoms with Gasteiger partial charge in [-0.2, -0.15) is 0 Å². The van der Waals surface area contributed by atoms with Gasteiger partial charge in [0.05, 0.1) is 0 Å². The first-order valence-corrected chi connectivity index (χ1v) is 5.89. The summed E-state index contributed by atoms with van der Waals surface area (Å²) in [5.74, 6) is 0. The average Bonchev–Trinajstić information content (AvgIpc) is 2.75. The maximum Gasteiger partial charge on any atom is 0.106 e. The summed E-state index contributed by atoms with van der Waals surface area (Å²) in [5.41, 5.74) is 3.55. The first kappa shape index (κ1) is 8.66. The number of hydrogen-bond donors (Lipinski definition) is 1. The SMILES string of the molecule is S=c1[nH]ccc2c1CC1(CCCC1)C2. The molecule has 1 N–H and O–H groups in total. The summed E-state index contributed by atoms with van der Waals surface area (Å²) in [6.07, 6.45) is 10.2. The van der Waals surface area contributed by atoms with Crippen LogP contribution in [-0.4, -0.2) is 4.98 Å². The van der Waals surface area contributed by atoms with Crippen LogP contribution >= 0.6 is 12.2 Å². The predicted octanol–water partition coefficient (Wildman–Crippen LogP) is 3.40. The molecule has 0 saturated heterocycles. The topological polar surface area (TPSA) is 15.8 Å². The normalized spacial score (nSPS) is 22.9. The fourth-order valence-corrected chi connectivity index (χ4v) is 3.50. The van der Waals surface area contributed by atoms with Gasteiger partial charge in [-0.1, -0.05) is 25.1 Å². The lowest BCUT2D eigenvalue weighted by Gasteiger charge is -2.21. The second-order valence-corrected chi connectivity index (χ2v) is 5.28. The highest BCUT2D eigenvalue weighted by molar-refractivity contribution is 7.71. The van der Waals surface area contributed by atoms with E-state index in [1.807, 2.05) is 6.20 Å². The average molecular weight is 205 g/mol. The van der Waals surface area contributed by atoms with E-state index in [0.29, 0.717) is 5.41 Å². The lowest BCUT2D eigenvalue weighted by molar-refractivity contribution is 0.317. The molecule has 2 heteroatoms. The van der Waals surface area contributed by atoms with E-state index in [2.05, 4.69) is 11.1 Å². The molecule has 1 aromatic heterocycles. The van der Waals surface area contributed by atoms with Gasteiger partial charge in [-0.05, 0) is 48.3 Å². The van der Waals surface area contributed by atoms with Gasteiger partial charge in [-0.3, -0.25) is 0 Å². The summed E-state index contributed by atoms with van der Waals surface area (Å²) in [4.78, 5) is 3.15. The molecule has 1 heterocycles. The zero-order chi connectivity index (χ0) is 9.60. The molecule has 1 fully saturated rings. The number of pyridine rings is 1. The first-order chi connectivity index (χ1) is 6.79. The number of rotatable bonds is 0. The molecule has 0 atom stereocenters. The highest BCUT2D eigenvalue weighted by Crippen LogP contribution is 2.48. The number of aromatic amines is 1. The molecule has 0 unspecified atom stereocenters. The monoisotopic (exact) mass is 205 g/mol. The van der Waals surface area contributed by atoms with E-state index in [-0.39, 0.29) is 0 Å². The quantitative estimate of drug-likeness (QED) is 0.642. The minimum absolute atomic E-state index is 0.602. The van der Waals surface area contributed by atoms with E-state index in [1.54, 1.807) is 0 Å². The molecule has 0 bridgehead atoms. The van der Waals surface area contributed by atoms with Crippen molar-refractivity contribution in [2.24, 2.45) is 5.41 Å².